The number of nitrogens with one attached hydrogen (secondary N) is 1. The summed E-state index contributed by atoms with van der Waals surface area (Å²) in [4.78, 5) is 12.5. The van der Waals surface area contributed by atoms with Crippen LogP contribution in [0.2, 0.25) is 5.02 Å². The van der Waals surface area contributed by atoms with E-state index in [0.717, 1.165) is 18.4 Å². The molecule has 1 amide bonds. The SMILES string of the molecule is C[C@H](CCc1ccccc1)NC(=O)CN1CCCN(Cc2ccc(Cl)cc2)S1(=O)=O. The number of aryl methyl sites for hydroxylation is 1. The van der Waals surface area contributed by atoms with Gasteiger partial charge in [-0.15, -0.1) is 0 Å². The van der Waals surface area contributed by atoms with Gasteiger partial charge >= 0.3 is 0 Å². The molecule has 2 aromatic rings. The monoisotopic (exact) mass is 449 g/mol. The van der Waals surface area contributed by atoms with Crippen LogP contribution in [0, 0.1) is 0 Å². The topological polar surface area (TPSA) is 69.7 Å². The quantitative estimate of drug-likeness (QED) is 0.672. The summed E-state index contributed by atoms with van der Waals surface area (Å²) in [5.74, 6) is -0.271. The molecule has 1 atom stereocenters. The third-order valence-corrected chi connectivity index (χ3v) is 7.36. The molecule has 0 bridgehead atoms. The molecule has 1 aliphatic rings. The maximum atomic E-state index is 13.0. The third kappa shape index (κ3) is 6.28. The first-order chi connectivity index (χ1) is 14.3. The van der Waals surface area contributed by atoms with E-state index in [0.29, 0.717) is 24.5 Å². The first-order valence-corrected chi connectivity index (χ1v) is 11.9. The summed E-state index contributed by atoms with van der Waals surface area (Å²) in [5.41, 5.74) is 2.08. The lowest BCUT2D eigenvalue weighted by atomic mass is 10.1. The highest BCUT2D eigenvalue weighted by Gasteiger charge is 2.34. The molecule has 0 radical (unpaired) electrons. The Morgan fingerprint density at radius 3 is 2.40 bits per heavy atom. The Balaban J connectivity index is 1.53. The van der Waals surface area contributed by atoms with Gasteiger partial charge in [-0.05, 0) is 49.4 Å². The van der Waals surface area contributed by atoms with E-state index in [4.69, 9.17) is 11.6 Å². The zero-order valence-electron chi connectivity index (χ0n) is 17.1. The van der Waals surface area contributed by atoms with E-state index in [1.807, 2.05) is 37.3 Å². The second-order valence-corrected chi connectivity index (χ2v) is 10.0. The minimum absolute atomic E-state index is 0.0321. The molecule has 1 N–H and O–H groups in total. The van der Waals surface area contributed by atoms with Crippen molar-refractivity contribution in [3.8, 4) is 0 Å². The van der Waals surface area contributed by atoms with Gasteiger partial charge in [0.15, 0.2) is 0 Å². The lowest BCUT2D eigenvalue weighted by Crippen LogP contribution is -2.52. The van der Waals surface area contributed by atoms with Crippen LogP contribution in [0.15, 0.2) is 54.6 Å². The Bertz CT molecular complexity index is 936. The summed E-state index contributed by atoms with van der Waals surface area (Å²) in [6.07, 6.45) is 2.34. The molecule has 0 aromatic heterocycles. The van der Waals surface area contributed by atoms with Gasteiger partial charge in [0.05, 0.1) is 6.54 Å². The number of amides is 1. The standard InChI is InChI=1S/C22H28ClN3O3S/c1-18(8-9-19-6-3-2-4-7-19)24-22(27)17-26-15-5-14-25(30(26,28)29)16-20-10-12-21(23)13-11-20/h2-4,6-7,10-13,18H,5,8-9,14-17H2,1H3,(H,24,27)/t18-/m1/s1. The van der Waals surface area contributed by atoms with Crippen molar-refractivity contribution >= 4 is 27.7 Å². The fraction of sp³-hybridized carbons (Fsp3) is 0.409. The molecule has 0 unspecified atom stereocenters. The van der Waals surface area contributed by atoms with Crippen molar-refractivity contribution in [1.29, 1.82) is 0 Å². The van der Waals surface area contributed by atoms with Gasteiger partial charge in [-0.2, -0.15) is 17.0 Å². The van der Waals surface area contributed by atoms with Crippen molar-refractivity contribution in [2.24, 2.45) is 0 Å². The van der Waals surface area contributed by atoms with Crippen molar-refractivity contribution in [2.75, 3.05) is 19.6 Å². The first-order valence-electron chi connectivity index (χ1n) is 10.2. The molecule has 1 heterocycles. The highest BCUT2D eigenvalue weighted by molar-refractivity contribution is 7.86. The van der Waals surface area contributed by atoms with Gasteiger partial charge < -0.3 is 5.32 Å². The summed E-state index contributed by atoms with van der Waals surface area (Å²) < 4.78 is 28.6. The molecule has 30 heavy (non-hydrogen) atoms. The minimum Gasteiger partial charge on any atom is -0.352 e. The van der Waals surface area contributed by atoms with Crippen LogP contribution >= 0.6 is 11.6 Å². The summed E-state index contributed by atoms with van der Waals surface area (Å²) >= 11 is 5.91. The predicted molar refractivity (Wildman–Crippen MR) is 119 cm³/mol. The van der Waals surface area contributed by atoms with Crippen LogP contribution in [0.3, 0.4) is 0 Å². The predicted octanol–water partition coefficient (Wildman–Crippen LogP) is 3.23. The van der Waals surface area contributed by atoms with Gasteiger partial charge in [-0.3, -0.25) is 4.79 Å². The van der Waals surface area contributed by atoms with E-state index in [2.05, 4.69) is 17.4 Å². The van der Waals surface area contributed by atoms with E-state index in [9.17, 15) is 13.2 Å². The van der Waals surface area contributed by atoms with Crippen LogP contribution in [-0.4, -0.2) is 48.6 Å². The molecule has 1 saturated heterocycles. The molecule has 162 valence electrons. The van der Waals surface area contributed by atoms with Crippen molar-refractivity contribution in [1.82, 2.24) is 13.9 Å². The average molecular weight is 450 g/mol. The minimum atomic E-state index is -3.69. The van der Waals surface area contributed by atoms with Crippen LogP contribution < -0.4 is 5.32 Å². The van der Waals surface area contributed by atoms with Crippen molar-refractivity contribution in [2.45, 2.75) is 38.8 Å². The fourth-order valence-electron chi connectivity index (χ4n) is 3.51. The number of hydrogen-bond donors (Lipinski definition) is 1. The Morgan fingerprint density at radius 2 is 1.70 bits per heavy atom. The third-order valence-electron chi connectivity index (χ3n) is 5.18. The van der Waals surface area contributed by atoms with Crippen LogP contribution in [0.4, 0.5) is 0 Å². The summed E-state index contributed by atoms with van der Waals surface area (Å²) in [5, 5.41) is 3.54. The molecule has 1 fully saturated rings. The van der Waals surface area contributed by atoms with Crippen molar-refractivity contribution in [3.63, 3.8) is 0 Å². The molecule has 6 nitrogen and oxygen atoms in total. The van der Waals surface area contributed by atoms with Gasteiger partial charge in [0.1, 0.15) is 0 Å². The molecular formula is C22H28ClN3O3S. The number of nitrogens with zero attached hydrogens (tertiary/aromatic N) is 2. The Morgan fingerprint density at radius 1 is 1.03 bits per heavy atom. The van der Waals surface area contributed by atoms with E-state index in [1.54, 1.807) is 12.1 Å². The Hall–Kier alpha value is -1.93. The molecule has 0 spiro atoms. The molecule has 3 rings (SSSR count). The van der Waals surface area contributed by atoms with Gasteiger partial charge in [0.25, 0.3) is 10.2 Å². The zero-order valence-corrected chi connectivity index (χ0v) is 18.7. The van der Waals surface area contributed by atoms with E-state index in [1.165, 1.54) is 14.2 Å². The summed E-state index contributed by atoms with van der Waals surface area (Å²) in [7, 11) is -3.69. The highest BCUT2D eigenvalue weighted by atomic mass is 35.5. The van der Waals surface area contributed by atoms with E-state index >= 15 is 0 Å². The number of hydrogen-bond acceptors (Lipinski definition) is 3. The van der Waals surface area contributed by atoms with Gasteiger partial charge in [-0.1, -0.05) is 54.1 Å². The fourth-order valence-corrected chi connectivity index (χ4v) is 5.28. The second kappa shape index (κ2) is 10.4. The maximum Gasteiger partial charge on any atom is 0.282 e. The summed E-state index contributed by atoms with van der Waals surface area (Å²) in [6, 6.07) is 17.2. The number of carbonyl (C=O) groups is 1. The zero-order chi connectivity index (χ0) is 21.6. The summed E-state index contributed by atoms with van der Waals surface area (Å²) in [6.45, 7) is 2.85. The van der Waals surface area contributed by atoms with Crippen LogP contribution in [-0.2, 0) is 28.0 Å². The Labute approximate surface area is 184 Å². The number of carbonyl (C=O) groups excluding carboxylic acids is 1. The van der Waals surface area contributed by atoms with E-state index < -0.39 is 10.2 Å². The second-order valence-electron chi connectivity index (χ2n) is 7.65. The molecule has 8 heteroatoms. The lowest BCUT2D eigenvalue weighted by molar-refractivity contribution is -0.122. The van der Waals surface area contributed by atoms with Gasteiger partial charge in [0, 0.05) is 30.7 Å². The maximum absolute atomic E-state index is 13.0. The Kier molecular flexibility index (Phi) is 7.88. The lowest BCUT2D eigenvalue weighted by Gasteiger charge is -2.34. The van der Waals surface area contributed by atoms with Gasteiger partial charge in [-0.25, -0.2) is 0 Å². The van der Waals surface area contributed by atoms with Crippen LogP contribution in [0.5, 0.6) is 0 Å². The van der Waals surface area contributed by atoms with E-state index in [-0.39, 0.29) is 25.0 Å². The molecule has 1 aliphatic heterocycles. The molecule has 0 aliphatic carbocycles. The number of halogens is 1. The molecule has 2 aromatic carbocycles. The number of rotatable bonds is 8. The average Bonchev–Trinajstić information content (AvgIpc) is 2.72. The number of benzene rings is 2. The van der Waals surface area contributed by atoms with Crippen LogP contribution in [0.1, 0.15) is 30.9 Å². The van der Waals surface area contributed by atoms with Crippen molar-refractivity contribution in [3.05, 3.63) is 70.7 Å². The highest BCUT2D eigenvalue weighted by Crippen LogP contribution is 2.20. The normalized spacial score (nSPS) is 18.1. The van der Waals surface area contributed by atoms with Gasteiger partial charge in [0.2, 0.25) is 5.91 Å². The smallest absolute Gasteiger partial charge is 0.282 e. The first kappa shape index (κ1) is 22.7. The van der Waals surface area contributed by atoms with Crippen molar-refractivity contribution < 1.29 is 13.2 Å². The molecule has 0 saturated carbocycles. The largest absolute Gasteiger partial charge is 0.352 e. The van der Waals surface area contributed by atoms with Crippen LogP contribution in [0.25, 0.3) is 0 Å². The molecular weight excluding hydrogens is 422 g/mol.